The van der Waals surface area contributed by atoms with Crippen LogP contribution in [0.4, 0.5) is 0 Å². The van der Waals surface area contributed by atoms with Gasteiger partial charge in [0.2, 0.25) is 0 Å². The molecule has 0 aliphatic carbocycles. The first kappa shape index (κ1) is 36.9. The molecule has 0 bridgehead atoms. The largest absolute Gasteiger partial charge is 0.497 e. The van der Waals surface area contributed by atoms with Gasteiger partial charge in [-0.3, -0.25) is 4.57 Å². The Kier molecular flexibility index (Phi) is 10.3. The molecule has 6 aromatic carbocycles. The van der Waals surface area contributed by atoms with Gasteiger partial charge in [0.05, 0.1) is 60.3 Å². The minimum absolute atomic E-state index is 0.154. The number of hydrogen-bond donors (Lipinski definition) is 2. The Labute approximate surface area is 334 Å². The van der Waals surface area contributed by atoms with Gasteiger partial charge in [-0.15, -0.1) is 0 Å². The van der Waals surface area contributed by atoms with Gasteiger partial charge in [0, 0.05) is 33.4 Å². The van der Waals surface area contributed by atoms with Crippen LogP contribution < -0.4 is 9.47 Å². The highest BCUT2D eigenvalue weighted by atomic mass is 35.5. The first-order chi connectivity index (χ1) is 27.4. The first-order valence-corrected chi connectivity index (χ1v) is 18.7. The SMILES string of the molecule is COc1cccc(C2=NC(c3ccccc3Cl)(n3c(-c4ccccc4Cl)nc(-c4cccc(CO)c4)c3-c3cccc(OC)c3)N=C2c2cccc(CO)c2)c1. The zero-order valence-corrected chi connectivity index (χ0v) is 32.0. The van der Waals surface area contributed by atoms with Crippen LogP contribution in [0.25, 0.3) is 33.9 Å². The summed E-state index contributed by atoms with van der Waals surface area (Å²) in [6.07, 6.45) is 0. The van der Waals surface area contributed by atoms with Crippen LogP contribution in [0.1, 0.15) is 27.8 Å². The molecule has 1 aliphatic rings. The normalized spacial score (nSPS) is 15.0. The van der Waals surface area contributed by atoms with Crippen LogP contribution in [0.3, 0.4) is 0 Å². The Hall–Kier alpha value is -6.03. The lowest BCUT2D eigenvalue weighted by atomic mass is 9.98. The van der Waals surface area contributed by atoms with Gasteiger partial charge >= 0.3 is 0 Å². The highest BCUT2D eigenvalue weighted by Gasteiger charge is 2.46. The number of methoxy groups -OCH3 is 2. The predicted molar refractivity (Wildman–Crippen MR) is 223 cm³/mol. The van der Waals surface area contributed by atoms with E-state index in [1.807, 2.05) is 150 Å². The van der Waals surface area contributed by atoms with Gasteiger partial charge in [-0.05, 0) is 65.7 Å². The molecule has 1 atom stereocenters. The quantitative estimate of drug-likeness (QED) is 0.136. The van der Waals surface area contributed by atoms with E-state index >= 15 is 0 Å². The van der Waals surface area contributed by atoms with E-state index in [0.717, 1.165) is 27.8 Å². The van der Waals surface area contributed by atoms with Gasteiger partial charge in [0.15, 0.2) is 0 Å². The van der Waals surface area contributed by atoms with Gasteiger partial charge in [0.1, 0.15) is 17.3 Å². The van der Waals surface area contributed by atoms with Crippen molar-refractivity contribution >= 4 is 34.6 Å². The van der Waals surface area contributed by atoms with Gasteiger partial charge in [0.25, 0.3) is 5.79 Å². The van der Waals surface area contributed by atoms with E-state index in [2.05, 4.69) is 0 Å². The predicted octanol–water partition coefficient (Wildman–Crippen LogP) is 9.84. The summed E-state index contributed by atoms with van der Waals surface area (Å²) in [5.74, 6) is 0.119. The van der Waals surface area contributed by atoms with E-state index in [1.54, 1.807) is 14.2 Å². The van der Waals surface area contributed by atoms with E-state index in [-0.39, 0.29) is 13.2 Å². The molecule has 1 aliphatic heterocycles. The number of halogens is 2. The van der Waals surface area contributed by atoms with Crippen molar-refractivity contribution in [2.24, 2.45) is 9.98 Å². The minimum Gasteiger partial charge on any atom is -0.497 e. The molecule has 7 aromatic rings. The molecule has 8 nitrogen and oxygen atoms in total. The molecule has 2 heterocycles. The molecular weight excluding hydrogens is 743 g/mol. The molecule has 8 rings (SSSR count). The van der Waals surface area contributed by atoms with Crippen LogP contribution >= 0.6 is 23.2 Å². The lowest BCUT2D eigenvalue weighted by Gasteiger charge is -2.30. The van der Waals surface area contributed by atoms with Crippen molar-refractivity contribution in [3.05, 3.63) is 183 Å². The molecule has 0 radical (unpaired) electrons. The number of aliphatic hydroxyl groups excluding tert-OH is 2. The number of aliphatic imine (C=N–C) groups is 2. The summed E-state index contributed by atoms with van der Waals surface area (Å²) in [4.78, 5) is 16.8. The number of imidazole rings is 1. The molecular formula is C46H36Cl2N4O4. The topological polar surface area (TPSA) is 101 Å². The van der Waals surface area contributed by atoms with Gasteiger partial charge < -0.3 is 19.7 Å². The van der Waals surface area contributed by atoms with E-state index in [4.69, 9.17) is 47.6 Å². The molecule has 1 unspecified atom stereocenters. The lowest BCUT2D eigenvalue weighted by Crippen LogP contribution is -2.31. The highest BCUT2D eigenvalue weighted by Crippen LogP contribution is 2.49. The standard InChI is InChI=1S/C46H36Cl2N4O4/c1-55-35-17-9-15-33(25-35)42-41(31-13-7-11-29(23-31)27-53)50-46(51-42,38-20-4-6-22-40(38)48)52-44(34-16-10-18-36(26-34)56-2)43(32-14-8-12-30(24-32)28-54)49-45(52)37-19-3-5-21-39(37)47/h3-26,53-54H,27-28H2,1-2H3. The van der Waals surface area contributed by atoms with Crippen molar-refractivity contribution in [3.8, 4) is 45.4 Å². The summed E-state index contributed by atoms with van der Waals surface area (Å²) in [7, 11) is 3.25. The van der Waals surface area contributed by atoms with Crippen LogP contribution in [0.15, 0.2) is 156 Å². The zero-order valence-electron chi connectivity index (χ0n) is 30.5. The molecule has 1 aromatic heterocycles. The fourth-order valence-electron chi connectivity index (χ4n) is 7.11. The third kappa shape index (κ3) is 6.67. The minimum atomic E-state index is -1.63. The number of rotatable bonds is 11. The van der Waals surface area contributed by atoms with Crippen molar-refractivity contribution in [3.63, 3.8) is 0 Å². The third-order valence-corrected chi connectivity index (χ3v) is 10.4. The number of aromatic nitrogens is 2. The van der Waals surface area contributed by atoms with Crippen molar-refractivity contribution in [1.82, 2.24) is 9.55 Å². The molecule has 2 N–H and O–H groups in total. The maximum absolute atomic E-state index is 10.2. The Morgan fingerprint density at radius 1 is 0.571 bits per heavy atom. The van der Waals surface area contributed by atoms with Gasteiger partial charge in [-0.1, -0.05) is 114 Å². The van der Waals surface area contributed by atoms with E-state index in [9.17, 15) is 10.2 Å². The maximum Gasteiger partial charge on any atom is 0.263 e. The Balaban J connectivity index is 1.59. The monoisotopic (exact) mass is 778 g/mol. The summed E-state index contributed by atoms with van der Waals surface area (Å²) in [6.45, 7) is -0.310. The Morgan fingerprint density at radius 2 is 1.09 bits per heavy atom. The fraction of sp³-hybridized carbons (Fsp3) is 0.109. The number of benzene rings is 6. The highest BCUT2D eigenvalue weighted by molar-refractivity contribution is 6.54. The van der Waals surface area contributed by atoms with Crippen molar-refractivity contribution in [2.75, 3.05) is 14.2 Å². The van der Waals surface area contributed by atoms with E-state index in [0.29, 0.717) is 66.9 Å². The van der Waals surface area contributed by atoms with Gasteiger partial charge in [-0.25, -0.2) is 15.0 Å². The second-order valence-corrected chi connectivity index (χ2v) is 14.0. The summed E-state index contributed by atoms with van der Waals surface area (Å²) >= 11 is 14.3. The smallest absolute Gasteiger partial charge is 0.263 e. The van der Waals surface area contributed by atoms with Crippen LogP contribution in [0.5, 0.6) is 11.5 Å². The summed E-state index contributed by atoms with van der Waals surface area (Å²) in [5.41, 5.74) is 8.04. The number of ether oxygens (including phenoxy) is 2. The average molecular weight is 780 g/mol. The molecule has 0 saturated carbocycles. The molecule has 0 saturated heterocycles. The molecule has 0 amide bonds. The molecule has 0 fully saturated rings. The van der Waals surface area contributed by atoms with E-state index in [1.165, 1.54) is 0 Å². The van der Waals surface area contributed by atoms with Crippen molar-refractivity contribution in [2.45, 2.75) is 19.0 Å². The third-order valence-electron chi connectivity index (χ3n) is 9.75. The van der Waals surface area contributed by atoms with Crippen LogP contribution in [0.2, 0.25) is 10.0 Å². The van der Waals surface area contributed by atoms with Crippen LogP contribution in [0, 0.1) is 0 Å². The fourth-order valence-corrected chi connectivity index (χ4v) is 7.59. The number of hydrogen-bond acceptors (Lipinski definition) is 7. The first-order valence-electron chi connectivity index (χ1n) is 17.9. The maximum atomic E-state index is 10.2. The van der Waals surface area contributed by atoms with Crippen molar-refractivity contribution in [1.29, 1.82) is 0 Å². The lowest BCUT2D eigenvalue weighted by molar-refractivity contribution is 0.281. The number of aliphatic hydroxyl groups is 2. The molecule has 0 spiro atoms. The van der Waals surface area contributed by atoms with Gasteiger partial charge in [-0.2, -0.15) is 0 Å². The second kappa shape index (κ2) is 15.6. The summed E-state index contributed by atoms with van der Waals surface area (Å²) in [6, 6.07) is 45.7. The van der Waals surface area contributed by atoms with Crippen LogP contribution in [-0.2, 0) is 19.0 Å². The number of nitrogens with zero attached hydrogens (tertiary/aromatic N) is 4. The summed E-state index contributed by atoms with van der Waals surface area (Å²) in [5, 5.41) is 21.4. The van der Waals surface area contributed by atoms with Crippen molar-refractivity contribution < 1.29 is 19.7 Å². The van der Waals surface area contributed by atoms with Crippen LogP contribution in [-0.4, -0.2) is 45.4 Å². The average Bonchev–Trinajstić information content (AvgIpc) is 3.85. The Bertz CT molecular complexity index is 2590. The second-order valence-electron chi connectivity index (χ2n) is 13.2. The molecule has 10 heteroatoms. The molecule has 278 valence electrons. The van der Waals surface area contributed by atoms with E-state index < -0.39 is 5.79 Å². The summed E-state index contributed by atoms with van der Waals surface area (Å²) < 4.78 is 13.5. The zero-order chi connectivity index (χ0) is 38.8. The Morgan fingerprint density at radius 3 is 1.70 bits per heavy atom. The molecule has 56 heavy (non-hydrogen) atoms.